The zero-order valence-corrected chi connectivity index (χ0v) is 16.3. The zero-order valence-electron chi connectivity index (χ0n) is 15.5. The highest BCUT2D eigenvalue weighted by Crippen LogP contribution is 2.30. The number of nitrogens with zero attached hydrogens (tertiary/aromatic N) is 1. The summed E-state index contributed by atoms with van der Waals surface area (Å²) in [4.78, 5) is 29.3. The number of esters is 1. The van der Waals surface area contributed by atoms with E-state index >= 15 is 0 Å². The molecule has 0 aliphatic carbocycles. The summed E-state index contributed by atoms with van der Waals surface area (Å²) in [5.74, 6) is -0.443. The molecule has 0 unspecified atom stereocenters. The first-order valence-corrected chi connectivity index (χ1v) is 9.62. The molecule has 0 amide bonds. The SMILES string of the molecule is COC(=O)c1cccc(Nc2nc(N)c(C(=O)c3ccc4ccccc4c3)s2)c1. The van der Waals surface area contributed by atoms with Crippen LogP contribution in [0.3, 0.4) is 0 Å². The summed E-state index contributed by atoms with van der Waals surface area (Å²) in [5, 5.41) is 5.60. The standard InChI is InChI=1S/C22H17N3O3S/c1-28-21(27)16-7-4-8-17(12-16)24-22-25-20(23)19(29-22)18(26)15-10-9-13-5-2-3-6-14(13)11-15/h2-12H,23H2,1H3,(H,24,25). The van der Waals surface area contributed by atoms with Gasteiger partial charge in [0, 0.05) is 11.3 Å². The Labute approximate surface area is 171 Å². The van der Waals surface area contributed by atoms with E-state index in [1.807, 2.05) is 36.4 Å². The molecule has 0 radical (unpaired) electrons. The Morgan fingerprint density at radius 2 is 1.76 bits per heavy atom. The van der Waals surface area contributed by atoms with Crippen molar-refractivity contribution in [2.45, 2.75) is 0 Å². The van der Waals surface area contributed by atoms with Gasteiger partial charge in [0.15, 0.2) is 5.13 Å². The maximum absolute atomic E-state index is 13.0. The molecule has 6 nitrogen and oxygen atoms in total. The van der Waals surface area contributed by atoms with E-state index in [4.69, 9.17) is 10.5 Å². The molecule has 4 rings (SSSR count). The second-order valence-electron chi connectivity index (χ2n) is 6.32. The van der Waals surface area contributed by atoms with E-state index in [9.17, 15) is 9.59 Å². The highest BCUT2D eigenvalue weighted by atomic mass is 32.1. The maximum atomic E-state index is 13.0. The van der Waals surface area contributed by atoms with Crippen molar-refractivity contribution in [1.82, 2.24) is 4.98 Å². The number of hydrogen-bond donors (Lipinski definition) is 2. The number of carbonyl (C=O) groups is 2. The zero-order chi connectivity index (χ0) is 20.4. The van der Waals surface area contributed by atoms with Gasteiger partial charge < -0.3 is 15.8 Å². The number of rotatable bonds is 5. The highest BCUT2D eigenvalue weighted by molar-refractivity contribution is 7.18. The minimum Gasteiger partial charge on any atom is -0.465 e. The van der Waals surface area contributed by atoms with Crippen molar-refractivity contribution in [3.05, 3.63) is 82.7 Å². The van der Waals surface area contributed by atoms with Crippen LogP contribution in [0.4, 0.5) is 16.6 Å². The lowest BCUT2D eigenvalue weighted by molar-refractivity contribution is 0.0600. The number of carbonyl (C=O) groups excluding carboxylic acids is 2. The molecule has 0 aliphatic heterocycles. The third-order valence-electron chi connectivity index (χ3n) is 4.41. The number of nitrogen functional groups attached to an aromatic ring is 1. The van der Waals surface area contributed by atoms with Gasteiger partial charge >= 0.3 is 5.97 Å². The molecule has 0 bridgehead atoms. The van der Waals surface area contributed by atoms with Gasteiger partial charge in [0.05, 0.1) is 12.7 Å². The lowest BCUT2D eigenvalue weighted by atomic mass is 10.0. The number of ketones is 1. The predicted molar refractivity (Wildman–Crippen MR) is 115 cm³/mol. The Kier molecular flexibility index (Phi) is 4.97. The molecule has 7 heteroatoms. The minimum atomic E-state index is -0.431. The number of anilines is 3. The second kappa shape index (κ2) is 7.73. The monoisotopic (exact) mass is 403 g/mol. The van der Waals surface area contributed by atoms with Crippen LogP contribution in [0.15, 0.2) is 66.7 Å². The van der Waals surface area contributed by atoms with Crippen LogP contribution in [0.2, 0.25) is 0 Å². The lowest BCUT2D eigenvalue weighted by Gasteiger charge is -2.04. The summed E-state index contributed by atoms with van der Waals surface area (Å²) in [5.41, 5.74) is 7.62. The lowest BCUT2D eigenvalue weighted by Crippen LogP contribution is -2.02. The van der Waals surface area contributed by atoms with E-state index in [0.717, 1.165) is 10.8 Å². The van der Waals surface area contributed by atoms with Gasteiger partial charge in [-0.15, -0.1) is 0 Å². The van der Waals surface area contributed by atoms with Crippen LogP contribution in [0.25, 0.3) is 10.8 Å². The largest absolute Gasteiger partial charge is 0.465 e. The Morgan fingerprint density at radius 3 is 2.55 bits per heavy atom. The third-order valence-corrected chi connectivity index (χ3v) is 5.39. The fraction of sp³-hybridized carbons (Fsp3) is 0.0455. The van der Waals surface area contributed by atoms with E-state index in [-0.39, 0.29) is 11.6 Å². The summed E-state index contributed by atoms with van der Waals surface area (Å²) < 4.78 is 4.73. The molecule has 0 saturated heterocycles. The van der Waals surface area contributed by atoms with Crippen molar-refractivity contribution in [1.29, 1.82) is 0 Å². The summed E-state index contributed by atoms with van der Waals surface area (Å²) in [6.07, 6.45) is 0. The van der Waals surface area contributed by atoms with Crippen LogP contribution in [-0.4, -0.2) is 23.8 Å². The minimum absolute atomic E-state index is 0.166. The fourth-order valence-corrected chi connectivity index (χ4v) is 3.84. The van der Waals surface area contributed by atoms with E-state index in [2.05, 4.69) is 10.3 Å². The Balaban J connectivity index is 1.60. The predicted octanol–water partition coefficient (Wildman–Crippen LogP) is 4.64. The normalized spacial score (nSPS) is 10.7. The molecule has 0 fully saturated rings. The van der Waals surface area contributed by atoms with Crippen LogP contribution < -0.4 is 11.1 Å². The first-order valence-electron chi connectivity index (χ1n) is 8.80. The van der Waals surface area contributed by atoms with Gasteiger partial charge in [0.25, 0.3) is 0 Å². The van der Waals surface area contributed by atoms with Crippen molar-refractivity contribution in [2.24, 2.45) is 0 Å². The molecular formula is C22H17N3O3S. The number of hydrogen-bond acceptors (Lipinski definition) is 7. The van der Waals surface area contributed by atoms with Gasteiger partial charge in [-0.05, 0) is 35.0 Å². The number of nitrogens with two attached hydrogens (primary N) is 1. The molecule has 3 N–H and O–H groups in total. The maximum Gasteiger partial charge on any atom is 0.337 e. The van der Waals surface area contributed by atoms with Crippen LogP contribution in [-0.2, 0) is 4.74 Å². The van der Waals surface area contributed by atoms with E-state index in [1.165, 1.54) is 18.4 Å². The van der Waals surface area contributed by atoms with Crippen molar-refractivity contribution >= 4 is 50.5 Å². The fourth-order valence-electron chi connectivity index (χ4n) is 2.97. The molecule has 0 saturated carbocycles. The topological polar surface area (TPSA) is 94.3 Å². The number of aromatic nitrogens is 1. The highest BCUT2D eigenvalue weighted by Gasteiger charge is 2.18. The number of nitrogens with one attached hydrogen (secondary N) is 1. The molecule has 1 aromatic heterocycles. The summed E-state index contributed by atoms with van der Waals surface area (Å²) in [6, 6.07) is 20.2. The van der Waals surface area contributed by atoms with Crippen LogP contribution in [0.1, 0.15) is 25.6 Å². The molecule has 1 heterocycles. The number of ether oxygens (including phenoxy) is 1. The smallest absolute Gasteiger partial charge is 0.337 e. The van der Waals surface area contributed by atoms with Gasteiger partial charge in [-0.2, -0.15) is 0 Å². The Morgan fingerprint density at radius 1 is 0.966 bits per heavy atom. The third kappa shape index (κ3) is 3.81. The summed E-state index contributed by atoms with van der Waals surface area (Å²) in [7, 11) is 1.33. The number of fused-ring (bicyclic) bond motifs is 1. The number of thiazole rings is 1. The van der Waals surface area contributed by atoms with E-state index < -0.39 is 5.97 Å². The van der Waals surface area contributed by atoms with Crippen molar-refractivity contribution in [3.8, 4) is 0 Å². The molecular weight excluding hydrogens is 386 g/mol. The van der Waals surface area contributed by atoms with Crippen LogP contribution in [0.5, 0.6) is 0 Å². The van der Waals surface area contributed by atoms with Crippen molar-refractivity contribution < 1.29 is 14.3 Å². The molecule has 0 spiro atoms. The quantitative estimate of drug-likeness (QED) is 0.372. The average molecular weight is 403 g/mol. The van der Waals surface area contributed by atoms with Gasteiger partial charge in [-0.1, -0.05) is 53.8 Å². The first-order chi connectivity index (χ1) is 14.0. The Hall–Kier alpha value is -3.71. The van der Waals surface area contributed by atoms with Gasteiger partial charge in [0.2, 0.25) is 5.78 Å². The van der Waals surface area contributed by atoms with Crippen LogP contribution >= 0.6 is 11.3 Å². The average Bonchev–Trinajstić information content (AvgIpc) is 3.12. The molecule has 0 aliphatic rings. The van der Waals surface area contributed by atoms with Gasteiger partial charge in [-0.3, -0.25) is 4.79 Å². The van der Waals surface area contributed by atoms with Gasteiger partial charge in [-0.25, -0.2) is 9.78 Å². The van der Waals surface area contributed by atoms with E-state index in [0.29, 0.717) is 26.8 Å². The second-order valence-corrected chi connectivity index (χ2v) is 7.32. The summed E-state index contributed by atoms with van der Waals surface area (Å²) in [6.45, 7) is 0. The molecule has 3 aromatic carbocycles. The Bertz CT molecular complexity index is 1230. The molecule has 29 heavy (non-hydrogen) atoms. The van der Waals surface area contributed by atoms with E-state index in [1.54, 1.807) is 30.3 Å². The van der Waals surface area contributed by atoms with Crippen LogP contribution in [0, 0.1) is 0 Å². The summed E-state index contributed by atoms with van der Waals surface area (Å²) >= 11 is 1.17. The number of benzene rings is 3. The molecule has 144 valence electrons. The van der Waals surface area contributed by atoms with Gasteiger partial charge in [0.1, 0.15) is 10.7 Å². The first kappa shape index (κ1) is 18.6. The molecule has 0 atom stereocenters. The molecule has 4 aromatic rings. The van der Waals surface area contributed by atoms with Crippen molar-refractivity contribution in [3.63, 3.8) is 0 Å². The van der Waals surface area contributed by atoms with Crippen molar-refractivity contribution in [2.75, 3.05) is 18.2 Å². The number of methoxy groups -OCH3 is 1.